The standard InChI is InChI=1S/C18H37N3O3.HI/c1-4-7-13-22-15-16-23-14-10-20-18(19-5-2)21-11-8-17(9-12-21)24-6-3;/h17H,4-16H2,1-3H3,(H,19,20);1H. The van der Waals surface area contributed by atoms with Crippen molar-refractivity contribution in [1.29, 1.82) is 0 Å². The van der Waals surface area contributed by atoms with Gasteiger partial charge in [-0.15, -0.1) is 24.0 Å². The van der Waals surface area contributed by atoms with E-state index >= 15 is 0 Å². The second-order valence-corrected chi connectivity index (χ2v) is 5.96. The molecular formula is C18H38IN3O3. The predicted octanol–water partition coefficient (Wildman–Crippen LogP) is 2.90. The third-order valence-electron chi connectivity index (χ3n) is 3.99. The van der Waals surface area contributed by atoms with E-state index in [1.54, 1.807) is 0 Å². The largest absolute Gasteiger partial charge is 0.379 e. The summed E-state index contributed by atoms with van der Waals surface area (Å²) in [5, 5.41) is 3.38. The quantitative estimate of drug-likeness (QED) is 0.205. The van der Waals surface area contributed by atoms with Gasteiger partial charge in [-0.1, -0.05) is 13.3 Å². The Kier molecular flexibility index (Phi) is 17.2. The molecule has 1 heterocycles. The van der Waals surface area contributed by atoms with Gasteiger partial charge in [0.15, 0.2) is 5.96 Å². The molecule has 0 amide bonds. The number of unbranched alkanes of at least 4 members (excludes halogenated alkanes) is 1. The monoisotopic (exact) mass is 471 g/mol. The first-order chi connectivity index (χ1) is 11.8. The molecule has 0 aromatic rings. The summed E-state index contributed by atoms with van der Waals surface area (Å²) in [5.74, 6) is 0.996. The minimum Gasteiger partial charge on any atom is -0.379 e. The maximum atomic E-state index is 5.71. The van der Waals surface area contributed by atoms with E-state index in [1.165, 1.54) is 6.42 Å². The molecule has 0 spiro atoms. The lowest BCUT2D eigenvalue weighted by Crippen LogP contribution is -2.47. The number of nitrogens with one attached hydrogen (secondary N) is 1. The Morgan fingerprint density at radius 2 is 1.72 bits per heavy atom. The van der Waals surface area contributed by atoms with E-state index in [1.807, 2.05) is 0 Å². The van der Waals surface area contributed by atoms with Gasteiger partial charge in [0.25, 0.3) is 0 Å². The van der Waals surface area contributed by atoms with Crippen molar-refractivity contribution in [1.82, 2.24) is 10.2 Å². The van der Waals surface area contributed by atoms with Crippen molar-refractivity contribution in [3.8, 4) is 0 Å². The molecule has 150 valence electrons. The highest BCUT2D eigenvalue weighted by molar-refractivity contribution is 14.0. The van der Waals surface area contributed by atoms with Crippen LogP contribution in [-0.4, -0.2) is 76.2 Å². The minimum atomic E-state index is 0. The molecule has 1 saturated heterocycles. The van der Waals surface area contributed by atoms with Crippen LogP contribution in [0.25, 0.3) is 0 Å². The molecule has 0 unspecified atom stereocenters. The van der Waals surface area contributed by atoms with Gasteiger partial charge in [0, 0.05) is 32.8 Å². The highest BCUT2D eigenvalue weighted by Gasteiger charge is 2.21. The summed E-state index contributed by atoms with van der Waals surface area (Å²) in [4.78, 5) is 7.01. The lowest BCUT2D eigenvalue weighted by atomic mass is 10.1. The number of halogens is 1. The molecule has 0 saturated carbocycles. The first kappa shape index (κ1) is 24.9. The first-order valence-electron chi connectivity index (χ1n) is 9.62. The number of piperidine rings is 1. The van der Waals surface area contributed by atoms with Crippen LogP contribution in [0.5, 0.6) is 0 Å². The minimum absolute atomic E-state index is 0. The fourth-order valence-electron chi connectivity index (χ4n) is 2.68. The van der Waals surface area contributed by atoms with Crippen LogP contribution in [0.15, 0.2) is 4.99 Å². The number of rotatable bonds is 12. The Hall–Kier alpha value is -0.120. The molecule has 6 nitrogen and oxygen atoms in total. The molecule has 7 heteroatoms. The second kappa shape index (κ2) is 17.3. The summed E-state index contributed by atoms with van der Waals surface area (Å²) in [6.45, 7) is 13.5. The molecule has 0 aromatic heterocycles. The number of guanidine groups is 1. The molecule has 1 N–H and O–H groups in total. The molecular weight excluding hydrogens is 433 g/mol. The van der Waals surface area contributed by atoms with Crippen molar-refractivity contribution in [3.05, 3.63) is 0 Å². The van der Waals surface area contributed by atoms with Crippen LogP contribution in [-0.2, 0) is 14.2 Å². The summed E-state index contributed by atoms with van der Waals surface area (Å²) >= 11 is 0. The van der Waals surface area contributed by atoms with Gasteiger partial charge in [0.1, 0.15) is 0 Å². The van der Waals surface area contributed by atoms with Gasteiger partial charge in [-0.05, 0) is 33.1 Å². The van der Waals surface area contributed by atoms with Crippen LogP contribution in [0.4, 0.5) is 0 Å². The zero-order valence-electron chi connectivity index (χ0n) is 16.3. The third kappa shape index (κ3) is 12.0. The van der Waals surface area contributed by atoms with E-state index < -0.39 is 0 Å². The smallest absolute Gasteiger partial charge is 0.193 e. The third-order valence-corrected chi connectivity index (χ3v) is 3.99. The molecule has 0 aromatic carbocycles. The number of hydrogen-bond acceptors (Lipinski definition) is 4. The molecule has 0 atom stereocenters. The van der Waals surface area contributed by atoms with Gasteiger partial charge in [0.05, 0.1) is 32.5 Å². The summed E-state index contributed by atoms with van der Waals surface area (Å²) in [5.41, 5.74) is 0. The summed E-state index contributed by atoms with van der Waals surface area (Å²) in [6.07, 6.45) is 4.85. The Morgan fingerprint density at radius 3 is 2.32 bits per heavy atom. The number of nitrogens with zero attached hydrogens (tertiary/aromatic N) is 2. The molecule has 1 aliphatic heterocycles. The lowest BCUT2D eigenvalue weighted by molar-refractivity contribution is 0.0262. The van der Waals surface area contributed by atoms with Crippen LogP contribution in [0.1, 0.15) is 46.5 Å². The van der Waals surface area contributed by atoms with Gasteiger partial charge in [-0.2, -0.15) is 0 Å². The van der Waals surface area contributed by atoms with Crippen molar-refractivity contribution in [2.45, 2.75) is 52.6 Å². The SMILES string of the molecule is CCCCOCCOCCN=C(NCC)N1CCC(OCC)CC1.I. The maximum absolute atomic E-state index is 5.71. The molecule has 0 aliphatic carbocycles. The maximum Gasteiger partial charge on any atom is 0.193 e. The molecule has 0 bridgehead atoms. The van der Waals surface area contributed by atoms with Crippen molar-refractivity contribution in [2.75, 3.05) is 59.2 Å². The molecule has 1 aliphatic rings. The second-order valence-electron chi connectivity index (χ2n) is 5.96. The highest BCUT2D eigenvalue weighted by atomic mass is 127. The van der Waals surface area contributed by atoms with Gasteiger partial charge < -0.3 is 24.4 Å². The molecule has 25 heavy (non-hydrogen) atoms. The fraction of sp³-hybridized carbons (Fsp3) is 0.944. The Labute approximate surface area is 171 Å². The van der Waals surface area contributed by atoms with Crippen LogP contribution >= 0.6 is 24.0 Å². The lowest BCUT2D eigenvalue weighted by Gasteiger charge is -2.34. The van der Waals surface area contributed by atoms with Gasteiger partial charge in [0.2, 0.25) is 0 Å². The zero-order valence-corrected chi connectivity index (χ0v) is 18.6. The van der Waals surface area contributed by atoms with Gasteiger partial charge >= 0.3 is 0 Å². The zero-order chi connectivity index (χ0) is 17.5. The highest BCUT2D eigenvalue weighted by Crippen LogP contribution is 2.13. The van der Waals surface area contributed by atoms with Crippen molar-refractivity contribution < 1.29 is 14.2 Å². The van der Waals surface area contributed by atoms with E-state index in [0.717, 1.165) is 58.1 Å². The normalized spacial score (nSPS) is 16.0. The fourth-order valence-corrected chi connectivity index (χ4v) is 2.68. The topological polar surface area (TPSA) is 55.3 Å². The Balaban J connectivity index is 0.00000576. The van der Waals surface area contributed by atoms with Gasteiger partial charge in [-0.25, -0.2) is 0 Å². The van der Waals surface area contributed by atoms with E-state index in [2.05, 4.69) is 36.0 Å². The number of hydrogen-bond donors (Lipinski definition) is 1. The van der Waals surface area contributed by atoms with Crippen molar-refractivity contribution in [2.24, 2.45) is 4.99 Å². The average Bonchev–Trinajstić information content (AvgIpc) is 2.60. The average molecular weight is 471 g/mol. The van der Waals surface area contributed by atoms with E-state index in [0.29, 0.717) is 32.5 Å². The Bertz CT molecular complexity index is 325. The summed E-state index contributed by atoms with van der Waals surface area (Å²) < 4.78 is 16.8. The molecule has 1 fully saturated rings. The van der Waals surface area contributed by atoms with Crippen LogP contribution < -0.4 is 5.32 Å². The number of ether oxygens (including phenoxy) is 3. The summed E-state index contributed by atoms with van der Waals surface area (Å²) in [6, 6.07) is 0. The number of aliphatic imine (C=N–C) groups is 1. The summed E-state index contributed by atoms with van der Waals surface area (Å²) in [7, 11) is 0. The van der Waals surface area contributed by atoms with Crippen LogP contribution in [0.3, 0.4) is 0 Å². The van der Waals surface area contributed by atoms with Crippen molar-refractivity contribution in [3.63, 3.8) is 0 Å². The Morgan fingerprint density at radius 1 is 1.04 bits per heavy atom. The van der Waals surface area contributed by atoms with Crippen molar-refractivity contribution >= 4 is 29.9 Å². The van der Waals surface area contributed by atoms with E-state index in [4.69, 9.17) is 14.2 Å². The number of likely N-dealkylation sites (tertiary alicyclic amines) is 1. The van der Waals surface area contributed by atoms with Crippen LogP contribution in [0, 0.1) is 0 Å². The van der Waals surface area contributed by atoms with Crippen LogP contribution in [0.2, 0.25) is 0 Å². The van der Waals surface area contributed by atoms with E-state index in [9.17, 15) is 0 Å². The molecule has 0 radical (unpaired) electrons. The predicted molar refractivity (Wildman–Crippen MR) is 114 cm³/mol. The molecule has 1 rings (SSSR count). The van der Waals surface area contributed by atoms with Gasteiger partial charge in [-0.3, -0.25) is 4.99 Å². The first-order valence-corrected chi connectivity index (χ1v) is 9.62. The van der Waals surface area contributed by atoms with E-state index in [-0.39, 0.29) is 24.0 Å².